The summed E-state index contributed by atoms with van der Waals surface area (Å²) in [5.74, 6) is 1.18. The summed E-state index contributed by atoms with van der Waals surface area (Å²) in [7, 11) is 0. The van der Waals surface area contributed by atoms with Gasteiger partial charge in [-0.1, -0.05) is 17.7 Å². The number of nitrogens with zero attached hydrogens (tertiary/aromatic N) is 1. The summed E-state index contributed by atoms with van der Waals surface area (Å²) < 4.78 is 24.7. The van der Waals surface area contributed by atoms with E-state index >= 15 is 0 Å². The quantitative estimate of drug-likeness (QED) is 0.796. The first-order valence-electron chi connectivity index (χ1n) is 9.51. The summed E-state index contributed by atoms with van der Waals surface area (Å²) in [6.07, 6.45) is 3.69. The van der Waals surface area contributed by atoms with Gasteiger partial charge in [-0.05, 0) is 56.2 Å². The zero-order chi connectivity index (χ0) is 18.8. The first kappa shape index (κ1) is 17.8. The van der Waals surface area contributed by atoms with Crippen LogP contribution < -0.4 is 9.47 Å². The zero-order valence-corrected chi connectivity index (χ0v) is 15.4. The number of aryl methyl sites for hydroxylation is 1. The fraction of sp³-hybridized carbons (Fsp3) is 0.409. The van der Waals surface area contributed by atoms with Gasteiger partial charge in [0.05, 0.1) is 0 Å². The van der Waals surface area contributed by atoms with E-state index in [0.717, 1.165) is 37.0 Å². The van der Waals surface area contributed by atoms with E-state index < -0.39 is 0 Å². The van der Waals surface area contributed by atoms with E-state index in [1.807, 2.05) is 36.1 Å². The van der Waals surface area contributed by atoms with Crippen molar-refractivity contribution in [2.24, 2.45) is 0 Å². The molecule has 2 heterocycles. The van der Waals surface area contributed by atoms with Gasteiger partial charge in [-0.25, -0.2) is 4.39 Å². The predicted molar refractivity (Wildman–Crippen MR) is 100 cm³/mol. The van der Waals surface area contributed by atoms with Crippen molar-refractivity contribution in [2.75, 3.05) is 6.61 Å². The van der Waals surface area contributed by atoms with Crippen molar-refractivity contribution in [3.8, 4) is 11.5 Å². The molecule has 2 aliphatic heterocycles. The molecule has 27 heavy (non-hydrogen) atoms. The molecule has 0 saturated carbocycles. The number of benzene rings is 2. The molecule has 4 nitrogen and oxygen atoms in total. The maximum Gasteiger partial charge on any atom is 0.261 e. The molecular weight excluding hydrogens is 345 g/mol. The lowest BCUT2D eigenvalue weighted by molar-refractivity contribution is -0.139. The lowest BCUT2D eigenvalue weighted by Crippen LogP contribution is -2.50. The van der Waals surface area contributed by atoms with Gasteiger partial charge in [0, 0.05) is 24.9 Å². The van der Waals surface area contributed by atoms with E-state index in [2.05, 4.69) is 0 Å². The Kier molecular flexibility index (Phi) is 5.01. The largest absolute Gasteiger partial charge is 0.490 e. The molecule has 2 bridgehead atoms. The van der Waals surface area contributed by atoms with Crippen LogP contribution in [0.3, 0.4) is 0 Å². The molecule has 2 aromatic carbocycles. The molecule has 2 saturated heterocycles. The van der Waals surface area contributed by atoms with Gasteiger partial charge in [0.1, 0.15) is 23.4 Å². The Morgan fingerprint density at radius 2 is 1.59 bits per heavy atom. The Bertz CT molecular complexity index is 776. The fourth-order valence-electron chi connectivity index (χ4n) is 4.19. The summed E-state index contributed by atoms with van der Waals surface area (Å²) in [5.41, 5.74) is 1.16. The van der Waals surface area contributed by atoms with Crippen molar-refractivity contribution >= 4 is 5.91 Å². The smallest absolute Gasteiger partial charge is 0.261 e. The Morgan fingerprint density at radius 1 is 1.00 bits per heavy atom. The molecule has 4 rings (SSSR count). The lowest BCUT2D eigenvalue weighted by atomic mass is 9.99. The molecule has 2 aromatic rings. The molecule has 5 heteroatoms. The van der Waals surface area contributed by atoms with E-state index in [1.54, 1.807) is 12.1 Å². The number of amides is 1. The Hall–Kier alpha value is -2.56. The molecule has 0 aliphatic carbocycles. The molecule has 2 aliphatic rings. The summed E-state index contributed by atoms with van der Waals surface area (Å²) in [5, 5.41) is 0. The maximum absolute atomic E-state index is 13.0. The minimum Gasteiger partial charge on any atom is -0.490 e. The van der Waals surface area contributed by atoms with Gasteiger partial charge in [-0.2, -0.15) is 0 Å². The van der Waals surface area contributed by atoms with Gasteiger partial charge >= 0.3 is 0 Å². The highest BCUT2D eigenvalue weighted by Gasteiger charge is 2.44. The third-order valence-corrected chi connectivity index (χ3v) is 5.48. The second-order valence-electron chi connectivity index (χ2n) is 7.45. The number of hydrogen-bond acceptors (Lipinski definition) is 3. The van der Waals surface area contributed by atoms with Crippen molar-refractivity contribution in [2.45, 2.75) is 50.8 Å². The zero-order valence-electron chi connectivity index (χ0n) is 15.4. The van der Waals surface area contributed by atoms with Crippen LogP contribution in [0.15, 0.2) is 48.5 Å². The molecule has 2 fully saturated rings. The van der Waals surface area contributed by atoms with Crippen molar-refractivity contribution in [1.82, 2.24) is 4.90 Å². The summed E-state index contributed by atoms with van der Waals surface area (Å²) in [6.45, 7) is 2.09. The monoisotopic (exact) mass is 369 g/mol. The van der Waals surface area contributed by atoms with Crippen molar-refractivity contribution in [3.63, 3.8) is 0 Å². The number of rotatable bonds is 5. The van der Waals surface area contributed by atoms with Crippen LogP contribution >= 0.6 is 0 Å². The highest BCUT2D eigenvalue weighted by Crippen LogP contribution is 2.37. The number of halogens is 1. The van der Waals surface area contributed by atoms with Crippen molar-refractivity contribution in [1.29, 1.82) is 0 Å². The Labute approximate surface area is 158 Å². The third-order valence-electron chi connectivity index (χ3n) is 5.48. The van der Waals surface area contributed by atoms with Crippen molar-refractivity contribution < 1.29 is 18.7 Å². The van der Waals surface area contributed by atoms with Crippen LogP contribution in [0.2, 0.25) is 0 Å². The van der Waals surface area contributed by atoms with Crippen LogP contribution in [-0.4, -0.2) is 35.6 Å². The number of piperidine rings is 1. The van der Waals surface area contributed by atoms with Gasteiger partial charge in [-0.3, -0.25) is 4.79 Å². The molecule has 1 amide bonds. The average Bonchev–Trinajstić information content (AvgIpc) is 2.94. The topological polar surface area (TPSA) is 38.8 Å². The Balaban J connectivity index is 1.33. The van der Waals surface area contributed by atoms with E-state index in [0.29, 0.717) is 5.75 Å². The number of fused-ring (bicyclic) bond motifs is 2. The fourth-order valence-corrected chi connectivity index (χ4v) is 4.19. The highest BCUT2D eigenvalue weighted by molar-refractivity contribution is 5.79. The first-order chi connectivity index (χ1) is 13.1. The first-order valence-corrected chi connectivity index (χ1v) is 9.51. The van der Waals surface area contributed by atoms with Crippen molar-refractivity contribution in [3.05, 3.63) is 59.9 Å². The summed E-state index contributed by atoms with van der Waals surface area (Å²) >= 11 is 0. The summed E-state index contributed by atoms with van der Waals surface area (Å²) in [6, 6.07) is 14.3. The van der Waals surface area contributed by atoms with E-state index in [4.69, 9.17) is 9.47 Å². The number of hydrogen-bond donors (Lipinski definition) is 0. The molecule has 0 spiro atoms. The number of carbonyl (C=O) groups is 1. The van der Waals surface area contributed by atoms with Crippen LogP contribution in [0.5, 0.6) is 11.5 Å². The normalized spacial score (nSPS) is 23.9. The highest BCUT2D eigenvalue weighted by atomic mass is 19.1. The average molecular weight is 369 g/mol. The lowest BCUT2D eigenvalue weighted by Gasteiger charge is -2.38. The number of carbonyl (C=O) groups excluding carboxylic acids is 1. The second-order valence-corrected chi connectivity index (χ2v) is 7.45. The van der Waals surface area contributed by atoms with Crippen LogP contribution in [0, 0.1) is 12.7 Å². The molecular formula is C22H24FNO3. The molecule has 0 aromatic heterocycles. The molecule has 142 valence electrons. The van der Waals surface area contributed by atoms with Crippen LogP contribution in [0.25, 0.3) is 0 Å². The Morgan fingerprint density at radius 3 is 2.22 bits per heavy atom. The van der Waals surface area contributed by atoms with Crippen LogP contribution in [-0.2, 0) is 4.79 Å². The number of ether oxygens (including phenoxy) is 2. The van der Waals surface area contributed by atoms with Gasteiger partial charge in [0.2, 0.25) is 0 Å². The minimum absolute atomic E-state index is 0.0447. The van der Waals surface area contributed by atoms with Gasteiger partial charge < -0.3 is 14.4 Å². The van der Waals surface area contributed by atoms with Gasteiger partial charge in [0.15, 0.2) is 6.61 Å². The molecule has 2 unspecified atom stereocenters. The maximum atomic E-state index is 13.0. The van der Waals surface area contributed by atoms with Gasteiger partial charge in [0.25, 0.3) is 5.91 Å². The SMILES string of the molecule is Cc1ccc(OCC(=O)N2C3CCC2CC(Oc2ccc(F)cc2)C3)cc1. The molecule has 2 atom stereocenters. The minimum atomic E-state index is -0.267. The molecule has 0 N–H and O–H groups in total. The standard InChI is InChI=1S/C22H24FNO3/c1-15-2-8-19(9-3-15)26-14-22(25)24-17-6-7-18(24)13-21(12-17)27-20-10-4-16(23)5-11-20/h2-5,8-11,17-18,21H,6-7,12-14H2,1H3. The van der Waals surface area contributed by atoms with Crippen LogP contribution in [0.4, 0.5) is 4.39 Å². The van der Waals surface area contributed by atoms with E-state index in [9.17, 15) is 9.18 Å². The summed E-state index contributed by atoms with van der Waals surface area (Å²) in [4.78, 5) is 14.7. The third kappa shape index (κ3) is 4.07. The predicted octanol–water partition coefficient (Wildman–Crippen LogP) is 4.11. The van der Waals surface area contributed by atoms with Gasteiger partial charge in [-0.15, -0.1) is 0 Å². The second kappa shape index (κ2) is 7.59. The van der Waals surface area contributed by atoms with E-state index in [1.165, 1.54) is 12.1 Å². The van der Waals surface area contributed by atoms with E-state index in [-0.39, 0.29) is 36.5 Å². The van der Waals surface area contributed by atoms with Crippen LogP contribution in [0.1, 0.15) is 31.2 Å². The molecule has 0 radical (unpaired) electrons.